The van der Waals surface area contributed by atoms with Gasteiger partial charge in [-0.05, 0) is 27.0 Å². The predicted octanol–water partition coefficient (Wildman–Crippen LogP) is 1.18. The highest BCUT2D eigenvalue weighted by Crippen LogP contribution is 2.06. The van der Waals surface area contributed by atoms with E-state index in [2.05, 4.69) is 24.3 Å². The molecular formula is C8H15N3. The molecule has 0 saturated carbocycles. The molecule has 1 heterocycles. The molecule has 0 bridgehead atoms. The first-order valence-corrected chi connectivity index (χ1v) is 3.92. The molecule has 3 heteroatoms. The first kappa shape index (κ1) is 8.27. The van der Waals surface area contributed by atoms with Gasteiger partial charge in [-0.25, -0.2) is 0 Å². The van der Waals surface area contributed by atoms with Crippen molar-refractivity contribution in [2.24, 2.45) is 0 Å². The van der Waals surface area contributed by atoms with E-state index in [1.807, 2.05) is 24.0 Å². The minimum Gasteiger partial charge on any atom is -0.314 e. The first-order valence-electron chi connectivity index (χ1n) is 3.92. The zero-order chi connectivity index (χ0) is 8.27. The average molecular weight is 153 g/mol. The van der Waals surface area contributed by atoms with Crippen molar-refractivity contribution in [2.75, 3.05) is 7.05 Å². The Labute approximate surface area is 67.4 Å². The van der Waals surface area contributed by atoms with Gasteiger partial charge < -0.3 is 5.32 Å². The lowest BCUT2D eigenvalue weighted by Crippen LogP contribution is -2.13. The molecule has 0 spiro atoms. The van der Waals surface area contributed by atoms with Crippen LogP contribution in [0.25, 0.3) is 0 Å². The fraction of sp³-hybridized carbons (Fsp3) is 0.625. The van der Waals surface area contributed by atoms with Crippen molar-refractivity contribution in [2.45, 2.75) is 26.4 Å². The van der Waals surface area contributed by atoms with Crippen molar-refractivity contribution in [3.8, 4) is 0 Å². The maximum absolute atomic E-state index is 4.21. The summed E-state index contributed by atoms with van der Waals surface area (Å²) in [4.78, 5) is 0. The van der Waals surface area contributed by atoms with Gasteiger partial charge in [0.1, 0.15) is 0 Å². The lowest BCUT2D eigenvalue weighted by atomic mass is 10.3. The van der Waals surface area contributed by atoms with E-state index in [0.29, 0.717) is 6.04 Å². The third-order valence-corrected chi connectivity index (χ3v) is 1.60. The van der Waals surface area contributed by atoms with Gasteiger partial charge in [0.05, 0.1) is 5.69 Å². The van der Waals surface area contributed by atoms with Crippen molar-refractivity contribution in [3.05, 3.63) is 18.0 Å². The Morgan fingerprint density at radius 3 is 2.91 bits per heavy atom. The van der Waals surface area contributed by atoms with Crippen molar-refractivity contribution in [3.63, 3.8) is 0 Å². The van der Waals surface area contributed by atoms with Crippen LogP contribution in [-0.4, -0.2) is 16.8 Å². The van der Waals surface area contributed by atoms with E-state index in [9.17, 15) is 0 Å². The van der Waals surface area contributed by atoms with Gasteiger partial charge >= 0.3 is 0 Å². The SMILES string of the molecule is CNCc1ccnn1C(C)C. The van der Waals surface area contributed by atoms with Crippen LogP contribution in [0.2, 0.25) is 0 Å². The van der Waals surface area contributed by atoms with Gasteiger partial charge in [0.25, 0.3) is 0 Å². The summed E-state index contributed by atoms with van der Waals surface area (Å²) in [6.45, 7) is 5.15. The largest absolute Gasteiger partial charge is 0.314 e. The second-order valence-electron chi connectivity index (χ2n) is 2.89. The Kier molecular flexibility index (Phi) is 2.65. The van der Waals surface area contributed by atoms with E-state index < -0.39 is 0 Å². The molecule has 0 amide bonds. The Bertz CT molecular complexity index is 215. The Morgan fingerprint density at radius 2 is 2.36 bits per heavy atom. The summed E-state index contributed by atoms with van der Waals surface area (Å²) in [6, 6.07) is 2.49. The van der Waals surface area contributed by atoms with Crippen LogP contribution >= 0.6 is 0 Å². The summed E-state index contributed by atoms with van der Waals surface area (Å²) in [5.41, 5.74) is 1.24. The number of nitrogens with zero attached hydrogens (tertiary/aromatic N) is 2. The Balaban J connectivity index is 2.78. The molecule has 1 rings (SSSR count). The summed E-state index contributed by atoms with van der Waals surface area (Å²) in [5.74, 6) is 0. The third-order valence-electron chi connectivity index (χ3n) is 1.60. The van der Waals surface area contributed by atoms with E-state index >= 15 is 0 Å². The number of hydrogen-bond donors (Lipinski definition) is 1. The molecule has 0 aliphatic rings. The number of nitrogens with one attached hydrogen (secondary N) is 1. The number of aromatic nitrogens is 2. The molecule has 0 aliphatic heterocycles. The van der Waals surface area contributed by atoms with Crippen LogP contribution in [0.1, 0.15) is 25.6 Å². The van der Waals surface area contributed by atoms with Crippen LogP contribution < -0.4 is 5.32 Å². The molecular weight excluding hydrogens is 138 g/mol. The molecule has 0 fully saturated rings. The topological polar surface area (TPSA) is 29.9 Å². The Hall–Kier alpha value is -0.830. The highest BCUT2D eigenvalue weighted by molar-refractivity contribution is 5.00. The molecule has 62 valence electrons. The minimum absolute atomic E-state index is 0.452. The minimum atomic E-state index is 0.452. The summed E-state index contributed by atoms with van der Waals surface area (Å²) in [7, 11) is 1.94. The van der Waals surface area contributed by atoms with E-state index in [1.165, 1.54) is 5.69 Å². The second kappa shape index (κ2) is 3.53. The Morgan fingerprint density at radius 1 is 1.64 bits per heavy atom. The van der Waals surface area contributed by atoms with E-state index in [1.54, 1.807) is 0 Å². The maximum Gasteiger partial charge on any atom is 0.0525 e. The van der Waals surface area contributed by atoms with Gasteiger partial charge in [0.15, 0.2) is 0 Å². The fourth-order valence-corrected chi connectivity index (χ4v) is 1.13. The van der Waals surface area contributed by atoms with E-state index in [0.717, 1.165) is 6.54 Å². The van der Waals surface area contributed by atoms with Crippen LogP contribution in [0.4, 0.5) is 0 Å². The van der Waals surface area contributed by atoms with E-state index in [-0.39, 0.29) is 0 Å². The number of hydrogen-bond acceptors (Lipinski definition) is 2. The first-order chi connectivity index (χ1) is 5.25. The summed E-state index contributed by atoms with van der Waals surface area (Å²) >= 11 is 0. The molecule has 1 aromatic rings. The third kappa shape index (κ3) is 1.80. The van der Waals surface area contributed by atoms with Crippen LogP contribution in [0.5, 0.6) is 0 Å². The van der Waals surface area contributed by atoms with Crippen molar-refractivity contribution >= 4 is 0 Å². The maximum atomic E-state index is 4.21. The zero-order valence-electron chi connectivity index (χ0n) is 7.33. The van der Waals surface area contributed by atoms with Crippen LogP contribution in [0.15, 0.2) is 12.3 Å². The normalized spacial score (nSPS) is 10.9. The second-order valence-corrected chi connectivity index (χ2v) is 2.89. The molecule has 0 saturated heterocycles. The van der Waals surface area contributed by atoms with Crippen molar-refractivity contribution < 1.29 is 0 Å². The van der Waals surface area contributed by atoms with Crippen molar-refractivity contribution in [1.29, 1.82) is 0 Å². The predicted molar refractivity (Wildman–Crippen MR) is 45.4 cm³/mol. The van der Waals surface area contributed by atoms with Gasteiger partial charge in [-0.2, -0.15) is 5.10 Å². The molecule has 3 nitrogen and oxygen atoms in total. The molecule has 0 aliphatic carbocycles. The molecule has 11 heavy (non-hydrogen) atoms. The van der Waals surface area contributed by atoms with Gasteiger partial charge in [0.2, 0.25) is 0 Å². The zero-order valence-corrected chi connectivity index (χ0v) is 7.33. The molecule has 0 radical (unpaired) electrons. The quantitative estimate of drug-likeness (QED) is 0.706. The highest BCUT2D eigenvalue weighted by Gasteiger charge is 2.03. The summed E-state index contributed by atoms with van der Waals surface area (Å²) in [5, 5.41) is 7.32. The fourth-order valence-electron chi connectivity index (χ4n) is 1.13. The average Bonchev–Trinajstić information content (AvgIpc) is 2.36. The van der Waals surface area contributed by atoms with Crippen LogP contribution in [0.3, 0.4) is 0 Å². The standard InChI is InChI=1S/C8H15N3/c1-7(2)11-8(6-9-3)4-5-10-11/h4-5,7,9H,6H2,1-3H3. The monoisotopic (exact) mass is 153 g/mol. The molecule has 0 atom stereocenters. The van der Waals surface area contributed by atoms with Gasteiger partial charge in [0, 0.05) is 18.8 Å². The lowest BCUT2D eigenvalue weighted by Gasteiger charge is -2.09. The smallest absolute Gasteiger partial charge is 0.0525 e. The highest BCUT2D eigenvalue weighted by atomic mass is 15.3. The van der Waals surface area contributed by atoms with Gasteiger partial charge in [-0.15, -0.1) is 0 Å². The van der Waals surface area contributed by atoms with Crippen LogP contribution in [0, 0.1) is 0 Å². The molecule has 0 unspecified atom stereocenters. The van der Waals surface area contributed by atoms with Crippen LogP contribution in [-0.2, 0) is 6.54 Å². The van der Waals surface area contributed by atoms with E-state index in [4.69, 9.17) is 0 Å². The molecule has 1 aromatic heterocycles. The number of rotatable bonds is 3. The van der Waals surface area contributed by atoms with Crippen molar-refractivity contribution in [1.82, 2.24) is 15.1 Å². The molecule has 0 aromatic carbocycles. The van der Waals surface area contributed by atoms with Gasteiger partial charge in [-0.3, -0.25) is 4.68 Å². The molecule has 1 N–H and O–H groups in total. The summed E-state index contributed by atoms with van der Waals surface area (Å²) in [6.07, 6.45) is 1.84. The summed E-state index contributed by atoms with van der Waals surface area (Å²) < 4.78 is 2.02. The van der Waals surface area contributed by atoms with Gasteiger partial charge in [-0.1, -0.05) is 0 Å². The lowest BCUT2D eigenvalue weighted by molar-refractivity contribution is 0.502.